The van der Waals surface area contributed by atoms with Crippen LogP contribution in [0.4, 0.5) is 4.79 Å². The van der Waals surface area contributed by atoms with E-state index in [4.69, 9.17) is 4.74 Å². The molecule has 2 aromatic carbocycles. The minimum atomic E-state index is -0.988. The summed E-state index contributed by atoms with van der Waals surface area (Å²) in [7, 11) is 0. The normalized spacial score (nSPS) is 13.4. The van der Waals surface area contributed by atoms with Gasteiger partial charge in [0, 0.05) is 20.6 Å². The van der Waals surface area contributed by atoms with Crippen LogP contribution in [-0.2, 0) is 9.53 Å². The average molecular weight is 472 g/mol. The molecule has 0 radical (unpaired) electrons. The topological polar surface area (TPSA) is 75.6 Å². The highest BCUT2D eigenvalue weighted by Gasteiger charge is 2.29. The third-order valence-corrected chi connectivity index (χ3v) is 6.75. The van der Waals surface area contributed by atoms with Gasteiger partial charge in [-0.2, -0.15) is 0 Å². The van der Waals surface area contributed by atoms with E-state index in [1.165, 1.54) is 11.3 Å². The first-order chi connectivity index (χ1) is 14.0. The third kappa shape index (κ3) is 4.21. The number of carbonyl (C=O) groups excluding carboxylic acids is 1. The Labute approximate surface area is 180 Å². The molecule has 4 rings (SSSR count). The summed E-state index contributed by atoms with van der Waals surface area (Å²) in [5.74, 6) is -1.03. The lowest BCUT2D eigenvalue weighted by atomic mass is 9.98. The second kappa shape index (κ2) is 8.39. The van der Waals surface area contributed by atoms with Crippen LogP contribution in [0.25, 0.3) is 11.1 Å². The number of hydrogen-bond acceptors (Lipinski definition) is 4. The van der Waals surface area contributed by atoms with Crippen LogP contribution >= 0.6 is 27.3 Å². The van der Waals surface area contributed by atoms with Crippen LogP contribution in [0, 0.1) is 0 Å². The maximum absolute atomic E-state index is 12.5. The second-order valence-electron chi connectivity index (χ2n) is 6.79. The van der Waals surface area contributed by atoms with E-state index in [9.17, 15) is 14.7 Å². The van der Waals surface area contributed by atoms with Crippen LogP contribution in [0.5, 0.6) is 0 Å². The first-order valence-corrected chi connectivity index (χ1v) is 10.8. The number of fused-ring (bicyclic) bond motifs is 3. The highest BCUT2D eigenvalue weighted by Crippen LogP contribution is 2.44. The maximum Gasteiger partial charge on any atom is 0.407 e. The van der Waals surface area contributed by atoms with Crippen molar-refractivity contribution in [2.24, 2.45) is 0 Å². The molecule has 0 spiro atoms. The summed E-state index contributed by atoms with van der Waals surface area (Å²) < 4.78 is 6.38. The van der Waals surface area contributed by atoms with E-state index in [0.29, 0.717) is 0 Å². The van der Waals surface area contributed by atoms with E-state index < -0.39 is 18.1 Å². The SMILES string of the molecule is O=C(O)CC(NC(=O)OCC1c2ccccc2-c2ccccc21)c1cc(Br)cs1. The van der Waals surface area contributed by atoms with Crippen LogP contribution in [0.15, 0.2) is 64.5 Å². The van der Waals surface area contributed by atoms with Crippen molar-refractivity contribution >= 4 is 39.3 Å². The fraction of sp³-hybridized carbons (Fsp3) is 0.182. The highest BCUT2D eigenvalue weighted by atomic mass is 79.9. The molecule has 3 aromatic rings. The Morgan fingerprint density at radius 3 is 2.28 bits per heavy atom. The van der Waals surface area contributed by atoms with Gasteiger partial charge in [0.1, 0.15) is 6.61 Å². The van der Waals surface area contributed by atoms with E-state index in [-0.39, 0.29) is 18.9 Å². The summed E-state index contributed by atoms with van der Waals surface area (Å²) in [6.07, 6.45) is -0.834. The van der Waals surface area contributed by atoms with Crippen molar-refractivity contribution in [1.29, 1.82) is 0 Å². The first kappa shape index (κ1) is 19.7. The Hall–Kier alpha value is -2.64. The van der Waals surface area contributed by atoms with Crippen molar-refractivity contribution in [1.82, 2.24) is 5.32 Å². The minimum absolute atomic E-state index is 0.0399. The van der Waals surface area contributed by atoms with Gasteiger partial charge in [0.15, 0.2) is 0 Å². The molecule has 1 aromatic heterocycles. The lowest BCUT2D eigenvalue weighted by molar-refractivity contribution is -0.137. The zero-order chi connectivity index (χ0) is 20.4. The lowest BCUT2D eigenvalue weighted by Crippen LogP contribution is -2.31. The van der Waals surface area contributed by atoms with Crippen LogP contribution in [0.2, 0.25) is 0 Å². The lowest BCUT2D eigenvalue weighted by Gasteiger charge is -2.18. The van der Waals surface area contributed by atoms with Crippen molar-refractivity contribution in [2.45, 2.75) is 18.4 Å². The number of aliphatic carboxylic acids is 1. The van der Waals surface area contributed by atoms with Crippen molar-refractivity contribution in [3.05, 3.63) is 80.5 Å². The number of rotatable bonds is 6. The number of carboxylic acids is 1. The Balaban J connectivity index is 1.47. The summed E-state index contributed by atoms with van der Waals surface area (Å²) in [5.41, 5.74) is 4.57. The Bertz CT molecular complexity index is 1020. The molecule has 1 unspecified atom stereocenters. The van der Waals surface area contributed by atoms with Crippen LogP contribution < -0.4 is 5.32 Å². The van der Waals surface area contributed by atoms with Gasteiger partial charge in [0.2, 0.25) is 0 Å². The Morgan fingerprint density at radius 1 is 1.10 bits per heavy atom. The summed E-state index contributed by atoms with van der Waals surface area (Å²) in [6.45, 7) is 0.188. The number of carbonyl (C=O) groups is 2. The largest absolute Gasteiger partial charge is 0.481 e. The van der Waals surface area contributed by atoms with Gasteiger partial charge >= 0.3 is 12.1 Å². The molecule has 0 saturated heterocycles. The third-order valence-electron chi connectivity index (χ3n) is 4.95. The van der Waals surface area contributed by atoms with Gasteiger partial charge in [-0.3, -0.25) is 4.79 Å². The molecule has 0 fully saturated rings. The fourth-order valence-corrected chi connectivity index (χ4v) is 5.19. The molecule has 0 bridgehead atoms. The molecule has 1 aliphatic carbocycles. The van der Waals surface area contributed by atoms with E-state index in [0.717, 1.165) is 31.6 Å². The maximum atomic E-state index is 12.5. The molecule has 148 valence electrons. The van der Waals surface area contributed by atoms with Crippen LogP contribution in [0.3, 0.4) is 0 Å². The monoisotopic (exact) mass is 471 g/mol. The molecule has 5 nitrogen and oxygen atoms in total. The summed E-state index contributed by atoms with van der Waals surface area (Å²) >= 11 is 4.74. The molecule has 7 heteroatoms. The number of alkyl carbamates (subject to hydrolysis) is 1. The molecule has 1 atom stereocenters. The molecule has 2 N–H and O–H groups in total. The second-order valence-corrected chi connectivity index (χ2v) is 8.65. The van der Waals surface area contributed by atoms with Crippen molar-refractivity contribution in [2.75, 3.05) is 6.61 Å². The van der Waals surface area contributed by atoms with Crippen LogP contribution in [-0.4, -0.2) is 23.8 Å². The number of nitrogens with one attached hydrogen (secondary N) is 1. The number of hydrogen-bond donors (Lipinski definition) is 2. The molecular weight excluding hydrogens is 454 g/mol. The van der Waals surface area contributed by atoms with Crippen molar-refractivity contribution in [3.8, 4) is 11.1 Å². The van der Waals surface area contributed by atoms with Gasteiger partial charge in [-0.1, -0.05) is 48.5 Å². The van der Waals surface area contributed by atoms with Gasteiger partial charge in [-0.05, 0) is 44.3 Å². The number of ether oxygens (including phenoxy) is 1. The van der Waals surface area contributed by atoms with Gasteiger partial charge in [0.25, 0.3) is 0 Å². The zero-order valence-electron chi connectivity index (χ0n) is 15.3. The van der Waals surface area contributed by atoms with E-state index >= 15 is 0 Å². The van der Waals surface area contributed by atoms with Gasteiger partial charge < -0.3 is 15.2 Å². The molecule has 0 saturated carbocycles. The van der Waals surface area contributed by atoms with Gasteiger partial charge in [0.05, 0.1) is 12.5 Å². The average Bonchev–Trinajstić information content (AvgIpc) is 3.27. The van der Waals surface area contributed by atoms with E-state index in [1.807, 2.05) is 35.7 Å². The first-order valence-electron chi connectivity index (χ1n) is 9.10. The van der Waals surface area contributed by atoms with E-state index in [2.05, 4.69) is 45.5 Å². The number of thiophene rings is 1. The predicted molar refractivity (Wildman–Crippen MR) is 115 cm³/mol. The Morgan fingerprint density at radius 2 is 1.72 bits per heavy atom. The summed E-state index contributed by atoms with van der Waals surface area (Å²) in [4.78, 5) is 24.4. The zero-order valence-corrected chi connectivity index (χ0v) is 17.7. The number of benzene rings is 2. The van der Waals surface area contributed by atoms with Crippen LogP contribution in [0.1, 0.15) is 34.4 Å². The molecule has 0 aliphatic heterocycles. The van der Waals surface area contributed by atoms with E-state index in [1.54, 1.807) is 0 Å². The molecule has 1 aliphatic rings. The minimum Gasteiger partial charge on any atom is -0.481 e. The number of amides is 1. The fourth-order valence-electron chi connectivity index (χ4n) is 3.69. The van der Waals surface area contributed by atoms with Gasteiger partial charge in [-0.25, -0.2) is 4.79 Å². The molecule has 1 heterocycles. The Kier molecular flexibility index (Phi) is 5.69. The molecule has 1 amide bonds. The number of halogens is 1. The quantitative estimate of drug-likeness (QED) is 0.492. The number of carboxylic acid groups (broad SMARTS) is 1. The summed E-state index contributed by atoms with van der Waals surface area (Å²) in [6, 6.07) is 17.4. The van der Waals surface area contributed by atoms with Crippen molar-refractivity contribution < 1.29 is 19.4 Å². The van der Waals surface area contributed by atoms with Crippen molar-refractivity contribution in [3.63, 3.8) is 0 Å². The smallest absolute Gasteiger partial charge is 0.407 e. The molecule has 29 heavy (non-hydrogen) atoms. The standard InChI is InChI=1S/C22H18BrNO4S/c23-13-9-20(29-12-13)19(10-21(25)26)24-22(27)28-11-18-16-7-3-1-5-14(16)15-6-2-4-8-17(15)18/h1-9,12,18-19H,10-11H2,(H,24,27)(H,25,26). The highest BCUT2D eigenvalue weighted by molar-refractivity contribution is 9.10. The van der Waals surface area contributed by atoms with Gasteiger partial charge in [-0.15, -0.1) is 11.3 Å². The molecular formula is C22H18BrNO4S. The predicted octanol–water partition coefficient (Wildman–Crippen LogP) is 5.57. The summed E-state index contributed by atoms with van der Waals surface area (Å²) in [5, 5.41) is 13.7.